The van der Waals surface area contributed by atoms with Crippen molar-refractivity contribution in [3.63, 3.8) is 0 Å². The van der Waals surface area contributed by atoms with Gasteiger partial charge in [0.25, 0.3) is 0 Å². The minimum Gasteiger partial charge on any atom is -0.478 e. The molecule has 112 valence electrons. The Morgan fingerprint density at radius 1 is 1.38 bits per heavy atom. The van der Waals surface area contributed by atoms with Gasteiger partial charge in [0.05, 0.1) is 6.54 Å². The third kappa shape index (κ3) is 2.80. The van der Waals surface area contributed by atoms with Crippen molar-refractivity contribution in [2.24, 2.45) is 5.92 Å². The summed E-state index contributed by atoms with van der Waals surface area (Å²) in [7, 11) is 0. The Morgan fingerprint density at radius 2 is 2.19 bits per heavy atom. The second kappa shape index (κ2) is 5.87. The van der Waals surface area contributed by atoms with E-state index in [4.69, 9.17) is 9.52 Å². The zero-order valence-corrected chi connectivity index (χ0v) is 11.8. The second-order valence-corrected chi connectivity index (χ2v) is 5.60. The molecule has 1 saturated heterocycles. The van der Waals surface area contributed by atoms with Gasteiger partial charge in [-0.15, -0.1) is 0 Å². The topological polar surface area (TPSA) is 73.9 Å². The largest absolute Gasteiger partial charge is 0.478 e. The number of aliphatic hydroxyl groups is 1. The van der Waals surface area contributed by atoms with Crippen LogP contribution in [0.4, 0.5) is 0 Å². The predicted molar refractivity (Wildman–Crippen MR) is 78.3 cm³/mol. The normalized spacial score (nSPS) is 19.4. The number of furan rings is 1. The molecule has 1 atom stereocenters. The molecule has 0 saturated carbocycles. The minimum atomic E-state index is -0.943. The van der Waals surface area contributed by atoms with E-state index >= 15 is 0 Å². The molecule has 1 aromatic heterocycles. The van der Waals surface area contributed by atoms with Crippen molar-refractivity contribution in [2.75, 3.05) is 19.7 Å². The molecule has 21 heavy (non-hydrogen) atoms. The summed E-state index contributed by atoms with van der Waals surface area (Å²) in [5.41, 5.74) is 0.896. The number of rotatable bonds is 5. The third-order valence-corrected chi connectivity index (χ3v) is 4.16. The molecule has 0 spiro atoms. The molecular formula is C16H19NO4. The fourth-order valence-electron chi connectivity index (χ4n) is 3.12. The Labute approximate surface area is 122 Å². The smallest absolute Gasteiger partial charge is 0.339 e. The molecule has 1 aliphatic rings. The summed E-state index contributed by atoms with van der Waals surface area (Å²) in [6.07, 6.45) is 1.85. The molecule has 0 radical (unpaired) electrons. The Balaban J connectivity index is 1.84. The molecule has 2 aromatic rings. The van der Waals surface area contributed by atoms with Crippen LogP contribution in [0.15, 0.2) is 28.7 Å². The van der Waals surface area contributed by atoms with Gasteiger partial charge in [-0.2, -0.15) is 0 Å². The molecule has 1 aromatic carbocycles. The van der Waals surface area contributed by atoms with Crippen molar-refractivity contribution in [3.05, 3.63) is 35.6 Å². The second-order valence-electron chi connectivity index (χ2n) is 5.60. The average Bonchev–Trinajstić information content (AvgIpc) is 3.03. The van der Waals surface area contributed by atoms with Gasteiger partial charge in [-0.05, 0) is 31.4 Å². The van der Waals surface area contributed by atoms with E-state index in [2.05, 4.69) is 4.90 Å². The molecular weight excluding hydrogens is 270 g/mol. The first kappa shape index (κ1) is 14.1. The molecule has 2 heterocycles. The van der Waals surface area contributed by atoms with Crippen LogP contribution in [0.5, 0.6) is 0 Å². The number of aliphatic hydroxyl groups excluding tert-OH is 1. The van der Waals surface area contributed by atoms with E-state index in [0.717, 1.165) is 25.9 Å². The van der Waals surface area contributed by atoms with Gasteiger partial charge in [0, 0.05) is 18.5 Å². The number of fused-ring (bicyclic) bond motifs is 1. The number of carboxylic acid groups (broad SMARTS) is 1. The van der Waals surface area contributed by atoms with Crippen LogP contribution in [-0.2, 0) is 6.54 Å². The molecule has 3 rings (SSSR count). The highest BCUT2D eigenvalue weighted by Crippen LogP contribution is 2.29. The molecule has 2 N–H and O–H groups in total. The lowest BCUT2D eigenvalue weighted by Gasteiger charge is -2.14. The van der Waals surface area contributed by atoms with Gasteiger partial charge in [-0.25, -0.2) is 4.79 Å². The SMILES string of the molecule is O=C(O)c1c(CN2CCC(CCO)C2)oc2ccccc12. The summed E-state index contributed by atoms with van der Waals surface area (Å²) >= 11 is 0. The highest BCUT2D eigenvalue weighted by Gasteiger charge is 2.26. The number of carbonyl (C=O) groups is 1. The summed E-state index contributed by atoms with van der Waals surface area (Å²) < 4.78 is 5.75. The fourth-order valence-corrected chi connectivity index (χ4v) is 3.12. The number of nitrogens with zero attached hydrogens (tertiary/aromatic N) is 1. The van der Waals surface area contributed by atoms with E-state index in [1.807, 2.05) is 12.1 Å². The Morgan fingerprint density at radius 3 is 2.95 bits per heavy atom. The highest BCUT2D eigenvalue weighted by atomic mass is 16.4. The average molecular weight is 289 g/mol. The first-order valence-electron chi connectivity index (χ1n) is 7.26. The van der Waals surface area contributed by atoms with Crippen molar-refractivity contribution in [2.45, 2.75) is 19.4 Å². The molecule has 1 aliphatic heterocycles. The van der Waals surface area contributed by atoms with E-state index in [9.17, 15) is 9.90 Å². The zero-order valence-electron chi connectivity index (χ0n) is 11.8. The van der Waals surface area contributed by atoms with Gasteiger partial charge in [0.1, 0.15) is 16.9 Å². The molecule has 1 unspecified atom stereocenters. The first-order chi connectivity index (χ1) is 10.2. The van der Waals surface area contributed by atoms with Crippen molar-refractivity contribution in [1.29, 1.82) is 0 Å². The van der Waals surface area contributed by atoms with E-state index in [1.54, 1.807) is 12.1 Å². The number of benzene rings is 1. The number of hydrogen-bond donors (Lipinski definition) is 2. The third-order valence-electron chi connectivity index (χ3n) is 4.16. The van der Waals surface area contributed by atoms with Crippen LogP contribution in [0.1, 0.15) is 29.0 Å². The van der Waals surface area contributed by atoms with Crippen LogP contribution in [-0.4, -0.2) is 40.8 Å². The Kier molecular flexibility index (Phi) is 3.94. The van der Waals surface area contributed by atoms with Crippen LogP contribution in [0.3, 0.4) is 0 Å². The van der Waals surface area contributed by atoms with Crippen LogP contribution >= 0.6 is 0 Å². The van der Waals surface area contributed by atoms with Crippen molar-refractivity contribution >= 4 is 16.9 Å². The number of carboxylic acids is 1. The first-order valence-corrected chi connectivity index (χ1v) is 7.26. The van der Waals surface area contributed by atoms with E-state index in [-0.39, 0.29) is 12.2 Å². The van der Waals surface area contributed by atoms with Crippen LogP contribution in [0.25, 0.3) is 11.0 Å². The molecule has 0 amide bonds. The molecule has 5 heteroatoms. The summed E-state index contributed by atoms with van der Waals surface area (Å²) in [6.45, 7) is 2.53. The molecule has 5 nitrogen and oxygen atoms in total. The number of aromatic carboxylic acids is 1. The van der Waals surface area contributed by atoms with Gasteiger partial charge >= 0.3 is 5.97 Å². The number of para-hydroxylation sites is 1. The Bertz CT molecular complexity index is 649. The summed E-state index contributed by atoms with van der Waals surface area (Å²) in [5.74, 6) is 0.0714. The fraction of sp³-hybridized carbons (Fsp3) is 0.438. The summed E-state index contributed by atoms with van der Waals surface area (Å²) in [4.78, 5) is 13.7. The lowest BCUT2D eigenvalue weighted by atomic mass is 10.1. The van der Waals surface area contributed by atoms with Gasteiger partial charge in [-0.1, -0.05) is 18.2 Å². The molecule has 1 fully saturated rings. The maximum Gasteiger partial charge on any atom is 0.339 e. The minimum absolute atomic E-state index is 0.212. The lowest BCUT2D eigenvalue weighted by molar-refractivity contribution is 0.0695. The van der Waals surface area contributed by atoms with Crippen LogP contribution in [0, 0.1) is 5.92 Å². The van der Waals surface area contributed by atoms with Crippen molar-refractivity contribution in [3.8, 4) is 0 Å². The number of likely N-dealkylation sites (tertiary alicyclic amines) is 1. The summed E-state index contributed by atoms with van der Waals surface area (Å²) in [6, 6.07) is 7.24. The maximum absolute atomic E-state index is 11.5. The maximum atomic E-state index is 11.5. The zero-order chi connectivity index (χ0) is 14.8. The molecule has 0 aliphatic carbocycles. The molecule has 0 bridgehead atoms. The van der Waals surface area contributed by atoms with Gasteiger partial charge in [0.15, 0.2) is 0 Å². The monoisotopic (exact) mass is 289 g/mol. The Hall–Kier alpha value is -1.85. The van der Waals surface area contributed by atoms with Crippen LogP contribution in [0.2, 0.25) is 0 Å². The van der Waals surface area contributed by atoms with Gasteiger partial charge < -0.3 is 14.6 Å². The van der Waals surface area contributed by atoms with Gasteiger partial charge in [0.2, 0.25) is 0 Å². The summed E-state index contributed by atoms with van der Waals surface area (Å²) in [5, 5.41) is 19.1. The number of hydrogen-bond acceptors (Lipinski definition) is 4. The van der Waals surface area contributed by atoms with Gasteiger partial charge in [-0.3, -0.25) is 4.90 Å². The van der Waals surface area contributed by atoms with Crippen molar-refractivity contribution < 1.29 is 19.4 Å². The lowest BCUT2D eigenvalue weighted by Crippen LogP contribution is -2.21. The van der Waals surface area contributed by atoms with E-state index in [1.165, 1.54) is 0 Å². The van der Waals surface area contributed by atoms with E-state index < -0.39 is 5.97 Å². The van der Waals surface area contributed by atoms with E-state index in [0.29, 0.717) is 29.2 Å². The quantitative estimate of drug-likeness (QED) is 0.883. The van der Waals surface area contributed by atoms with Crippen LogP contribution < -0.4 is 0 Å². The predicted octanol–water partition coefficient (Wildman–Crippen LogP) is 2.34. The standard InChI is InChI=1S/C16H19NO4/c18-8-6-11-5-7-17(9-11)10-14-15(16(19)20)12-3-1-2-4-13(12)21-14/h1-4,11,18H,5-10H2,(H,19,20). The highest BCUT2D eigenvalue weighted by molar-refractivity contribution is 6.03. The van der Waals surface area contributed by atoms with Crippen molar-refractivity contribution in [1.82, 2.24) is 4.90 Å².